The van der Waals surface area contributed by atoms with Crippen LogP contribution in [-0.4, -0.2) is 11.0 Å². The molecule has 104 valence electrons. The molecule has 0 amide bonds. The Bertz CT molecular complexity index is 677. The maximum atomic E-state index is 8.83. The molecule has 0 saturated heterocycles. The lowest BCUT2D eigenvalue weighted by Crippen LogP contribution is -2.14. The van der Waals surface area contributed by atoms with E-state index in [1.807, 2.05) is 0 Å². The largest absolute Gasteiger partial charge is 0.455 e. The van der Waals surface area contributed by atoms with Gasteiger partial charge in [-0.2, -0.15) is 0 Å². The molecule has 0 bridgehead atoms. The average molecular weight is 420 g/mol. The molecule has 0 aliphatic carbocycles. The summed E-state index contributed by atoms with van der Waals surface area (Å²) in [4.78, 5) is 0. The second kappa shape index (κ2) is 6.47. The van der Waals surface area contributed by atoms with Gasteiger partial charge in [-0.3, -0.25) is 0 Å². The zero-order valence-electron chi connectivity index (χ0n) is 9.98. The van der Waals surface area contributed by atoms with Crippen molar-refractivity contribution in [3.8, 4) is 11.5 Å². The predicted octanol–water partition coefficient (Wildman–Crippen LogP) is 4.75. The summed E-state index contributed by atoms with van der Waals surface area (Å²) in [5.74, 6) is 1.00. The second-order valence-corrected chi connectivity index (χ2v) is 6.01. The summed E-state index contributed by atoms with van der Waals surface area (Å²) in [7, 11) is 0. The topological polar surface area (TPSA) is 67.8 Å². The van der Waals surface area contributed by atoms with E-state index in [1.54, 1.807) is 36.4 Å². The first-order chi connectivity index (χ1) is 9.51. The van der Waals surface area contributed by atoms with E-state index in [-0.39, 0.29) is 5.84 Å². The second-order valence-electron chi connectivity index (χ2n) is 3.80. The predicted molar refractivity (Wildman–Crippen MR) is 85.9 cm³/mol. The molecule has 0 saturated carbocycles. The zero-order valence-corrected chi connectivity index (χ0v) is 13.9. The van der Waals surface area contributed by atoms with Crippen LogP contribution in [-0.2, 0) is 0 Å². The monoisotopic (exact) mass is 418 g/mol. The van der Waals surface area contributed by atoms with E-state index in [1.165, 1.54) is 0 Å². The number of hydrogen-bond acceptors (Lipinski definition) is 3. The molecule has 2 rings (SSSR count). The van der Waals surface area contributed by atoms with Gasteiger partial charge in [0.15, 0.2) is 5.84 Å². The minimum absolute atomic E-state index is 0.0358. The molecule has 0 fully saturated rings. The van der Waals surface area contributed by atoms with Gasteiger partial charge in [0.1, 0.15) is 11.5 Å². The number of oxime groups is 1. The third kappa shape index (κ3) is 3.45. The molecule has 2 aromatic rings. The molecule has 20 heavy (non-hydrogen) atoms. The van der Waals surface area contributed by atoms with Crippen LogP contribution in [0.4, 0.5) is 0 Å². The first-order valence-corrected chi connectivity index (χ1v) is 7.38. The molecular weight excluding hydrogens is 411 g/mol. The molecule has 0 aliphatic rings. The standard InChI is InChI=1S/C13H9Br2ClN2O2/c14-7-1-3-11(9(5-7)13(17)18-19)20-12-4-2-8(16)6-10(12)15/h1-6,19H,(H2,17,18). The molecule has 4 nitrogen and oxygen atoms in total. The molecule has 0 spiro atoms. The van der Waals surface area contributed by atoms with E-state index in [0.29, 0.717) is 26.6 Å². The molecule has 2 aromatic carbocycles. The molecule has 7 heteroatoms. The molecule has 3 N–H and O–H groups in total. The number of hydrogen-bond donors (Lipinski definition) is 2. The van der Waals surface area contributed by atoms with Gasteiger partial charge in [0.05, 0.1) is 10.0 Å². The number of benzene rings is 2. The summed E-state index contributed by atoms with van der Waals surface area (Å²) in [5.41, 5.74) is 6.12. The fraction of sp³-hybridized carbons (Fsp3) is 0. The van der Waals surface area contributed by atoms with Gasteiger partial charge in [0, 0.05) is 9.50 Å². The normalized spacial score (nSPS) is 11.4. The lowest BCUT2D eigenvalue weighted by atomic mass is 10.2. The van der Waals surface area contributed by atoms with E-state index < -0.39 is 0 Å². The van der Waals surface area contributed by atoms with Gasteiger partial charge in [0.25, 0.3) is 0 Å². The van der Waals surface area contributed by atoms with Crippen molar-refractivity contribution in [3.05, 3.63) is 55.9 Å². The van der Waals surface area contributed by atoms with Crippen LogP contribution in [0, 0.1) is 0 Å². The summed E-state index contributed by atoms with van der Waals surface area (Å²) in [6, 6.07) is 10.4. The van der Waals surface area contributed by atoms with Crippen LogP contribution in [0.2, 0.25) is 5.02 Å². The summed E-state index contributed by atoms with van der Waals surface area (Å²) in [6.45, 7) is 0. The van der Waals surface area contributed by atoms with Crippen LogP contribution in [0.1, 0.15) is 5.56 Å². The van der Waals surface area contributed by atoms with Gasteiger partial charge in [-0.05, 0) is 52.3 Å². The number of halogens is 3. The first-order valence-electron chi connectivity index (χ1n) is 5.41. The van der Waals surface area contributed by atoms with Gasteiger partial charge in [-0.15, -0.1) is 0 Å². The third-order valence-corrected chi connectivity index (χ3v) is 3.79. The summed E-state index contributed by atoms with van der Waals surface area (Å²) < 4.78 is 7.27. The van der Waals surface area contributed by atoms with Gasteiger partial charge in [-0.25, -0.2) is 0 Å². The number of nitrogens with two attached hydrogens (primary N) is 1. The Hall–Kier alpha value is -1.24. The molecule has 0 radical (unpaired) electrons. The van der Waals surface area contributed by atoms with Crippen molar-refractivity contribution in [1.82, 2.24) is 0 Å². The van der Waals surface area contributed by atoms with E-state index >= 15 is 0 Å². The number of amidine groups is 1. The number of nitrogens with zero attached hydrogens (tertiary/aromatic N) is 1. The molecule has 0 aliphatic heterocycles. The maximum absolute atomic E-state index is 8.83. The highest BCUT2D eigenvalue weighted by molar-refractivity contribution is 9.10. The van der Waals surface area contributed by atoms with Gasteiger partial charge in [0.2, 0.25) is 0 Å². The van der Waals surface area contributed by atoms with Crippen LogP contribution in [0.25, 0.3) is 0 Å². The Labute approximate surface area is 137 Å². The van der Waals surface area contributed by atoms with Crippen LogP contribution in [0.15, 0.2) is 50.5 Å². The minimum Gasteiger partial charge on any atom is -0.455 e. The van der Waals surface area contributed by atoms with E-state index in [4.69, 9.17) is 27.3 Å². The van der Waals surface area contributed by atoms with Crippen molar-refractivity contribution in [2.75, 3.05) is 0 Å². The maximum Gasteiger partial charge on any atom is 0.173 e. The lowest BCUT2D eigenvalue weighted by Gasteiger charge is -2.12. The van der Waals surface area contributed by atoms with Crippen LogP contribution in [0.3, 0.4) is 0 Å². The highest BCUT2D eigenvalue weighted by Gasteiger charge is 2.12. The molecule has 0 heterocycles. The molecular formula is C13H9Br2ClN2O2. The van der Waals surface area contributed by atoms with Crippen LogP contribution < -0.4 is 10.5 Å². The van der Waals surface area contributed by atoms with Crippen LogP contribution >= 0.6 is 43.5 Å². The van der Waals surface area contributed by atoms with Crippen molar-refractivity contribution < 1.29 is 9.94 Å². The Morgan fingerprint density at radius 2 is 1.85 bits per heavy atom. The lowest BCUT2D eigenvalue weighted by molar-refractivity contribution is 0.318. The van der Waals surface area contributed by atoms with Crippen molar-refractivity contribution >= 4 is 49.3 Å². The van der Waals surface area contributed by atoms with Crippen molar-refractivity contribution in [3.63, 3.8) is 0 Å². The van der Waals surface area contributed by atoms with E-state index in [0.717, 1.165) is 4.47 Å². The Morgan fingerprint density at radius 1 is 1.15 bits per heavy atom. The SMILES string of the molecule is N/C(=N/O)c1cc(Br)ccc1Oc1ccc(Cl)cc1Br. The van der Waals surface area contributed by atoms with Gasteiger partial charge < -0.3 is 15.7 Å². The van der Waals surface area contributed by atoms with E-state index in [2.05, 4.69) is 37.0 Å². The smallest absolute Gasteiger partial charge is 0.173 e. The van der Waals surface area contributed by atoms with Crippen molar-refractivity contribution in [2.24, 2.45) is 10.9 Å². The highest BCUT2D eigenvalue weighted by Crippen LogP contribution is 2.34. The summed E-state index contributed by atoms with van der Waals surface area (Å²) in [5, 5.41) is 12.4. The minimum atomic E-state index is -0.0358. The van der Waals surface area contributed by atoms with Crippen molar-refractivity contribution in [1.29, 1.82) is 0 Å². The van der Waals surface area contributed by atoms with Gasteiger partial charge in [-0.1, -0.05) is 32.7 Å². The van der Waals surface area contributed by atoms with Crippen molar-refractivity contribution in [2.45, 2.75) is 0 Å². The number of ether oxygens (including phenoxy) is 1. The number of rotatable bonds is 3. The first kappa shape index (κ1) is 15.2. The molecule has 0 atom stereocenters. The fourth-order valence-electron chi connectivity index (χ4n) is 1.52. The third-order valence-electron chi connectivity index (χ3n) is 2.44. The van der Waals surface area contributed by atoms with E-state index in [9.17, 15) is 0 Å². The Morgan fingerprint density at radius 3 is 2.50 bits per heavy atom. The molecule has 0 unspecified atom stereocenters. The molecule has 0 aromatic heterocycles. The summed E-state index contributed by atoms with van der Waals surface area (Å²) in [6.07, 6.45) is 0. The van der Waals surface area contributed by atoms with Gasteiger partial charge >= 0.3 is 0 Å². The quantitative estimate of drug-likeness (QED) is 0.326. The summed E-state index contributed by atoms with van der Waals surface area (Å²) >= 11 is 12.6. The average Bonchev–Trinajstić information content (AvgIpc) is 2.42. The Balaban J connectivity index is 2.43. The zero-order chi connectivity index (χ0) is 14.7. The Kier molecular flexibility index (Phi) is 4.91. The fourth-order valence-corrected chi connectivity index (χ4v) is 2.65. The highest BCUT2D eigenvalue weighted by atomic mass is 79.9. The van der Waals surface area contributed by atoms with Crippen LogP contribution in [0.5, 0.6) is 11.5 Å².